The fourth-order valence-corrected chi connectivity index (χ4v) is 3.43. The first kappa shape index (κ1) is 15.4. The van der Waals surface area contributed by atoms with Crippen LogP contribution in [-0.4, -0.2) is 25.1 Å². The van der Waals surface area contributed by atoms with E-state index in [1.54, 1.807) is 0 Å². The highest BCUT2D eigenvalue weighted by Gasteiger charge is 2.14. The molecule has 0 amide bonds. The minimum absolute atomic E-state index is 0.497. The highest BCUT2D eigenvalue weighted by Crippen LogP contribution is 2.21. The van der Waals surface area contributed by atoms with Crippen LogP contribution in [0.15, 0.2) is 22.5 Å². The Kier molecular flexibility index (Phi) is 6.37. The predicted octanol–water partition coefficient (Wildman–Crippen LogP) is 3.74. The number of nitrogens with zero attached hydrogens (tertiary/aromatic N) is 1. The van der Waals surface area contributed by atoms with E-state index in [-0.39, 0.29) is 0 Å². The second kappa shape index (κ2) is 8.30. The van der Waals surface area contributed by atoms with Crippen LogP contribution in [0.3, 0.4) is 0 Å². The quantitative estimate of drug-likeness (QED) is 0.641. The van der Waals surface area contributed by atoms with Crippen molar-refractivity contribution in [2.24, 2.45) is 4.99 Å². The van der Waals surface area contributed by atoms with Crippen molar-refractivity contribution >= 4 is 17.3 Å². The van der Waals surface area contributed by atoms with Crippen LogP contribution in [0.4, 0.5) is 0 Å². The van der Waals surface area contributed by atoms with Gasteiger partial charge in [-0.05, 0) is 31.2 Å². The maximum absolute atomic E-state index is 4.76. The summed E-state index contributed by atoms with van der Waals surface area (Å²) in [6, 6.07) is 4.93. The van der Waals surface area contributed by atoms with Crippen molar-refractivity contribution in [3.05, 3.63) is 22.4 Å². The van der Waals surface area contributed by atoms with Crippen molar-refractivity contribution < 1.29 is 0 Å². The Morgan fingerprint density at radius 2 is 2.20 bits per heavy atom. The summed E-state index contributed by atoms with van der Waals surface area (Å²) in [5, 5.41) is 9.11. The first-order valence-electron chi connectivity index (χ1n) is 7.88. The van der Waals surface area contributed by atoms with Gasteiger partial charge in [-0.15, -0.1) is 11.3 Å². The molecule has 4 heteroatoms. The lowest BCUT2D eigenvalue weighted by atomic mass is 9.96. The Balaban J connectivity index is 1.87. The van der Waals surface area contributed by atoms with Gasteiger partial charge in [0, 0.05) is 23.4 Å². The molecule has 1 unspecified atom stereocenters. The third-order valence-electron chi connectivity index (χ3n) is 3.84. The van der Waals surface area contributed by atoms with E-state index in [0.29, 0.717) is 12.0 Å². The van der Waals surface area contributed by atoms with Gasteiger partial charge < -0.3 is 10.6 Å². The lowest BCUT2D eigenvalue weighted by molar-refractivity contribution is 0.410. The largest absolute Gasteiger partial charge is 0.357 e. The second-order valence-electron chi connectivity index (χ2n) is 5.62. The third-order valence-corrected chi connectivity index (χ3v) is 4.95. The van der Waals surface area contributed by atoms with Gasteiger partial charge in [0.05, 0.1) is 6.54 Å². The summed E-state index contributed by atoms with van der Waals surface area (Å²) in [6.07, 6.45) is 6.66. The molecule has 0 aromatic carbocycles. The molecule has 1 fully saturated rings. The summed E-state index contributed by atoms with van der Waals surface area (Å²) >= 11 is 1.82. The number of nitrogens with one attached hydrogen (secondary N) is 2. The van der Waals surface area contributed by atoms with E-state index in [9.17, 15) is 0 Å². The molecule has 1 saturated carbocycles. The molecule has 0 aliphatic heterocycles. The monoisotopic (exact) mass is 293 g/mol. The summed E-state index contributed by atoms with van der Waals surface area (Å²) < 4.78 is 0. The molecule has 112 valence electrons. The van der Waals surface area contributed by atoms with Crippen LogP contribution in [0.25, 0.3) is 0 Å². The number of aliphatic imine (C=N–C) groups is 1. The molecule has 1 aliphatic carbocycles. The van der Waals surface area contributed by atoms with Gasteiger partial charge in [-0.25, -0.2) is 0 Å². The van der Waals surface area contributed by atoms with Gasteiger partial charge in [-0.3, -0.25) is 4.99 Å². The van der Waals surface area contributed by atoms with Gasteiger partial charge in [0.2, 0.25) is 0 Å². The molecule has 1 aromatic rings. The van der Waals surface area contributed by atoms with E-state index in [4.69, 9.17) is 4.99 Å². The normalized spacial score (nSPS) is 18.8. The third kappa shape index (κ3) is 4.82. The molecule has 1 aromatic heterocycles. The molecule has 3 nitrogen and oxygen atoms in total. The molecule has 0 radical (unpaired) electrons. The predicted molar refractivity (Wildman–Crippen MR) is 88.7 cm³/mol. The van der Waals surface area contributed by atoms with E-state index < -0.39 is 0 Å². The first-order chi connectivity index (χ1) is 9.79. The summed E-state index contributed by atoms with van der Waals surface area (Å²) in [6.45, 7) is 6.15. The molecule has 2 rings (SSSR count). The minimum atomic E-state index is 0.497. The lowest BCUT2D eigenvalue weighted by Crippen LogP contribution is -2.44. The van der Waals surface area contributed by atoms with Crippen LogP contribution in [0.1, 0.15) is 56.7 Å². The maximum Gasteiger partial charge on any atom is 0.191 e. The van der Waals surface area contributed by atoms with Gasteiger partial charge in [0.25, 0.3) is 0 Å². The average molecular weight is 293 g/mol. The second-order valence-corrected chi connectivity index (χ2v) is 6.59. The Labute approximate surface area is 126 Å². The summed E-state index contributed by atoms with van der Waals surface area (Å²) in [7, 11) is 0. The lowest BCUT2D eigenvalue weighted by Gasteiger charge is -2.25. The smallest absolute Gasteiger partial charge is 0.191 e. The minimum Gasteiger partial charge on any atom is -0.357 e. The van der Waals surface area contributed by atoms with Crippen LogP contribution < -0.4 is 10.6 Å². The first-order valence-corrected chi connectivity index (χ1v) is 8.75. The molecule has 2 N–H and O–H groups in total. The molecular formula is C16H27N3S. The van der Waals surface area contributed by atoms with Crippen molar-refractivity contribution in [3.8, 4) is 0 Å². The fourth-order valence-electron chi connectivity index (χ4n) is 2.65. The molecule has 1 heterocycles. The van der Waals surface area contributed by atoms with Crippen LogP contribution in [0.5, 0.6) is 0 Å². The van der Waals surface area contributed by atoms with E-state index in [1.165, 1.54) is 37.0 Å². The summed E-state index contributed by atoms with van der Waals surface area (Å²) in [5.74, 6) is 1.49. The van der Waals surface area contributed by atoms with Gasteiger partial charge in [-0.1, -0.05) is 32.3 Å². The van der Waals surface area contributed by atoms with E-state index in [0.717, 1.165) is 19.0 Å². The van der Waals surface area contributed by atoms with Gasteiger partial charge in [0.1, 0.15) is 0 Å². The van der Waals surface area contributed by atoms with Crippen LogP contribution >= 0.6 is 11.3 Å². The van der Waals surface area contributed by atoms with Crippen molar-refractivity contribution in [1.29, 1.82) is 0 Å². The van der Waals surface area contributed by atoms with Crippen molar-refractivity contribution in [2.75, 3.05) is 13.1 Å². The van der Waals surface area contributed by atoms with Crippen molar-refractivity contribution in [3.63, 3.8) is 0 Å². The van der Waals surface area contributed by atoms with Crippen LogP contribution in [0, 0.1) is 0 Å². The van der Waals surface area contributed by atoms with E-state index in [1.807, 2.05) is 11.3 Å². The Bertz CT molecular complexity index is 394. The zero-order chi connectivity index (χ0) is 14.2. The highest BCUT2D eigenvalue weighted by atomic mass is 32.1. The highest BCUT2D eigenvalue weighted by molar-refractivity contribution is 7.10. The van der Waals surface area contributed by atoms with Crippen LogP contribution in [-0.2, 0) is 0 Å². The Hall–Kier alpha value is -1.03. The maximum atomic E-state index is 4.76. The summed E-state index contributed by atoms with van der Waals surface area (Å²) in [4.78, 5) is 6.18. The number of hydrogen-bond acceptors (Lipinski definition) is 2. The Morgan fingerprint density at radius 1 is 1.40 bits per heavy atom. The number of thiophene rings is 1. The zero-order valence-corrected chi connectivity index (χ0v) is 13.5. The summed E-state index contributed by atoms with van der Waals surface area (Å²) in [5.41, 5.74) is 0. The van der Waals surface area contributed by atoms with Gasteiger partial charge >= 0.3 is 0 Å². The topological polar surface area (TPSA) is 36.4 Å². The SMILES string of the molecule is CCNC(=NCC(C)c1cccs1)NC1CCCCC1. The molecule has 0 bridgehead atoms. The molecule has 0 spiro atoms. The molecule has 0 saturated heterocycles. The number of rotatable bonds is 5. The number of guanidine groups is 1. The molecule has 1 aliphatic rings. The van der Waals surface area contributed by atoms with Gasteiger partial charge in [-0.2, -0.15) is 0 Å². The number of hydrogen-bond donors (Lipinski definition) is 2. The van der Waals surface area contributed by atoms with E-state index in [2.05, 4.69) is 42.0 Å². The Morgan fingerprint density at radius 3 is 2.85 bits per heavy atom. The average Bonchev–Trinajstić information content (AvgIpc) is 3.00. The zero-order valence-electron chi connectivity index (χ0n) is 12.7. The molecular weight excluding hydrogens is 266 g/mol. The van der Waals surface area contributed by atoms with Crippen LogP contribution in [0.2, 0.25) is 0 Å². The van der Waals surface area contributed by atoms with E-state index >= 15 is 0 Å². The van der Waals surface area contributed by atoms with Gasteiger partial charge in [0.15, 0.2) is 5.96 Å². The standard InChI is InChI=1S/C16H27N3S/c1-3-17-16(19-14-8-5-4-6-9-14)18-12-13(2)15-10-7-11-20-15/h7,10-11,13-14H,3-6,8-9,12H2,1-2H3,(H2,17,18,19). The molecule has 20 heavy (non-hydrogen) atoms. The fraction of sp³-hybridized carbons (Fsp3) is 0.688. The molecule has 1 atom stereocenters. The van der Waals surface area contributed by atoms with Crippen molar-refractivity contribution in [1.82, 2.24) is 10.6 Å². The van der Waals surface area contributed by atoms with Crippen molar-refractivity contribution in [2.45, 2.75) is 57.9 Å².